The smallest absolute Gasteiger partial charge is 0.231 e. The van der Waals surface area contributed by atoms with Gasteiger partial charge in [-0.1, -0.05) is 18.2 Å². The summed E-state index contributed by atoms with van der Waals surface area (Å²) in [5.74, 6) is 1.47. The minimum absolute atomic E-state index is 0.107. The van der Waals surface area contributed by atoms with E-state index in [0.29, 0.717) is 6.42 Å². The average Bonchev–Trinajstić information content (AvgIpc) is 2.85. The van der Waals surface area contributed by atoms with E-state index in [9.17, 15) is 4.21 Å². The molecule has 1 aromatic carbocycles. The van der Waals surface area contributed by atoms with Crippen molar-refractivity contribution in [2.45, 2.75) is 38.0 Å². The van der Waals surface area contributed by atoms with Gasteiger partial charge in [-0.05, 0) is 33.3 Å². The first-order chi connectivity index (χ1) is 9.43. The summed E-state index contributed by atoms with van der Waals surface area (Å²) >= 11 is 0. The summed E-state index contributed by atoms with van der Waals surface area (Å²) < 4.78 is 26.1. The zero-order chi connectivity index (χ0) is 14.8. The summed E-state index contributed by atoms with van der Waals surface area (Å²) in [6, 6.07) is 5.65. The molecule has 0 bridgehead atoms. The van der Waals surface area contributed by atoms with E-state index in [0.717, 1.165) is 17.1 Å². The van der Waals surface area contributed by atoms with Gasteiger partial charge in [-0.3, -0.25) is 0 Å². The molecule has 0 saturated carbocycles. The Morgan fingerprint density at radius 2 is 2.20 bits per heavy atom. The predicted octanol–water partition coefficient (Wildman–Crippen LogP) is 3.08. The second-order valence-electron chi connectivity index (χ2n) is 5.66. The fraction of sp³-hybridized carbons (Fsp3) is 0.467. The molecular weight excluding hydrogens is 274 g/mol. The molecule has 1 aromatic rings. The van der Waals surface area contributed by atoms with Crippen LogP contribution >= 0.6 is 0 Å². The van der Waals surface area contributed by atoms with Gasteiger partial charge >= 0.3 is 0 Å². The van der Waals surface area contributed by atoms with Gasteiger partial charge in [-0.25, -0.2) is 8.93 Å². The molecule has 0 aliphatic carbocycles. The molecule has 1 aliphatic heterocycles. The van der Waals surface area contributed by atoms with Gasteiger partial charge in [-0.2, -0.15) is 0 Å². The Bertz CT molecular complexity index is 522. The zero-order valence-electron chi connectivity index (χ0n) is 12.1. The Morgan fingerprint density at radius 3 is 2.85 bits per heavy atom. The Hall–Kier alpha value is -1.33. The summed E-state index contributed by atoms with van der Waals surface area (Å²) in [5, 5.41) is 0. The van der Waals surface area contributed by atoms with Crippen LogP contribution in [0.4, 0.5) is 0 Å². The quantitative estimate of drug-likeness (QED) is 0.849. The molecule has 0 spiro atoms. The maximum atomic E-state index is 12.3. The molecule has 2 rings (SSSR count). The normalized spacial score (nSPS) is 16.8. The molecule has 1 N–H and O–H groups in total. The molecule has 1 heterocycles. The summed E-state index contributed by atoms with van der Waals surface area (Å²) in [6.07, 6.45) is 2.48. The monoisotopic (exact) mass is 295 g/mol. The van der Waals surface area contributed by atoms with Gasteiger partial charge in [0.25, 0.3) is 0 Å². The van der Waals surface area contributed by atoms with Crippen molar-refractivity contribution in [2.75, 3.05) is 6.79 Å². The highest BCUT2D eigenvalue weighted by Gasteiger charge is 2.27. The third-order valence-corrected chi connectivity index (χ3v) is 4.62. The molecule has 2 atom stereocenters. The molecule has 110 valence electrons. The number of ether oxygens (including phenoxy) is 2. The van der Waals surface area contributed by atoms with Crippen molar-refractivity contribution in [1.82, 2.24) is 4.72 Å². The molecule has 5 heteroatoms. The SMILES string of the molecule is C=CCC(NS(=O)C(C)(C)C)c1cccc2c1OCO2. The van der Waals surface area contributed by atoms with Gasteiger partial charge in [0.1, 0.15) is 0 Å². The molecule has 20 heavy (non-hydrogen) atoms. The average molecular weight is 295 g/mol. The number of nitrogens with one attached hydrogen (secondary N) is 1. The first-order valence-corrected chi connectivity index (χ1v) is 7.76. The van der Waals surface area contributed by atoms with Crippen LogP contribution in [0.1, 0.15) is 38.8 Å². The molecule has 0 saturated heterocycles. The molecule has 1 aliphatic rings. The van der Waals surface area contributed by atoms with Gasteiger partial charge < -0.3 is 9.47 Å². The largest absolute Gasteiger partial charge is 0.454 e. The molecule has 0 radical (unpaired) electrons. The van der Waals surface area contributed by atoms with E-state index < -0.39 is 11.0 Å². The van der Waals surface area contributed by atoms with E-state index in [2.05, 4.69) is 11.3 Å². The predicted molar refractivity (Wildman–Crippen MR) is 81.2 cm³/mol. The molecule has 0 amide bonds. The van der Waals surface area contributed by atoms with Crippen LogP contribution in [0.15, 0.2) is 30.9 Å². The first kappa shape index (κ1) is 15.1. The lowest BCUT2D eigenvalue weighted by atomic mass is 10.0. The van der Waals surface area contributed by atoms with Gasteiger partial charge in [-0.15, -0.1) is 6.58 Å². The van der Waals surface area contributed by atoms with E-state index in [1.165, 1.54) is 0 Å². The van der Waals surface area contributed by atoms with Crippen molar-refractivity contribution in [3.63, 3.8) is 0 Å². The van der Waals surface area contributed by atoms with Crippen molar-refractivity contribution in [2.24, 2.45) is 0 Å². The number of rotatable bonds is 5. The number of para-hydroxylation sites is 1. The van der Waals surface area contributed by atoms with Crippen LogP contribution in [-0.2, 0) is 11.0 Å². The van der Waals surface area contributed by atoms with Crippen LogP contribution in [0.3, 0.4) is 0 Å². The third-order valence-electron chi connectivity index (χ3n) is 3.01. The Morgan fingerprint density at radius 1 is 1.45 bits per heavy atom. The van der Waals surface area contributed by atoms with E-state index >= 15 is 0 Å². The van der Waals surface area contributed by atoms with Gasteiger partial charge in [0.05, 0.1) is 21.8 Å². The number of fused-ring (bicyclic) bond motifs is 1. The van der Waals surface area contributed by atoms with Crippen LogP contribution in [0.25, 0.3) is 0 Å². The highest BCUT2D eigenvalue weighted by molar-refractivity contribution is 7.84. The topological polar surface area (TPSA) is 47.6 Å². The minimum atomic E-state index is -1.16. The lowest BCUT2D eigenvalue weighted by molar-refractivity contribution is 0.173. The lowest BCUT2D eigenvalue weighted by Gasteiger charge is -2.24. The fourth-order valence-electron chi connectivity index (χ4n) is 1.94. The Labute approximate surface area is 122 Å². The number of benzene rings is 1. The second-order valence-corrected chi connectivity index (χ2v) is 7.65. The lowest BCUT2D eigenvalue weighted by Crippen LogP contribution is -2.35. The highest BCUT2D eigenvalue weighted by Crippen LogP contribution is 2.39. The van der Waals surface area contributed by atoms with Crippen LogP contribution in [0, 0.1) is 0 Å². The van der Waals surface area contributed by atoms with Crippen molar-refractivity contribution in [1.29, 1.82) is 0 Å². The van der Waals surface area contributed by atoms with Crippen LogP contribution < -0.4 is 14.2 Å². The summed E-state index contributed by atoms with van der Waals surface area (Å²) in [5.41, 5.74) is 0.956. The first-order valence-electron chi connectivity index (χ1n) is 6.61. The van der Waals surface area contributed by atoms with Crippen LogP contribution in [0.2, 0.25) is 0 Å². The zero-order valence-corrected chi connectivity index (χ0v) is 13.0. The molecule has 4 nitrogen and oxygen atoms in total. The van der Waals surface area contributed by atoms with E-state index in [1.54, 1.807) is 0 Å². The summed E-state index contributed by atoms with van der Waals surface area (Å²) in [6.45, 7) is 9.83. The van der Waals surface area contributed by atoms with Crippen molar-refractivity contribution >= 4 is 11.0 Å². The number of hydrogen-bond acceptors (Lipinski definition) is 3. The number of hydrogen-bond donors (Lipinski definition) is 1. The standard InChI is InChI=1S/C15H21NO3S/c1-5-7-12(16-20(17)15(2,3)4)11-8-6-9-13-14(11)19-10-18-13/h5-6,8-9,12,16H,1,7,10H2,2-4H3. The minimum Gasteiger partial charge on any atom is -0.454 e. The maximum Gasteiger partial charge on any atom is 0.231 e. The van der Waals surface area contributed by atoms with E-state index in [-0.39, 0.29) is 17.6 Å². The fourth-order valence-corrected chi connectivity index (χ4v) is 2.77. The molecule has 2 unspecified atom stereocenters. The van der Waals surface area contributed by atoms with Crippen molar-refractivity contribution in [3.05, 3.63) is 36.4 Å². The van der Waals surface area contributed by atoms with Crippen LogP contribution in [0.5, 0.6) is 11.5 Å². The van der Waals surface area contributed by atoms with E-state index in [1.807, 2.05) is 45.0 Å². The van der Waals surface area contributed by atoms with Crippen molar-refractivity contribution < 1.29 is 13.7 Å². The van der Waals surface area contributed by atoms with E-state index in [4.69, 9.17) is 9.47 Å². The summed E-state index contributed by atoms with van der Waals surface area (Å²) in [7, 11) is -1.16. The van der Waals surface area contributed by atoms with Gasteiger partial charge in [0.15, 0.2) is 11.5 Å². The van der Waals surface area contributed by atoms with Gasteiger partial charge in [0.2, 0.25) is 6.79 Å². The molecule has 0 aromatic heterocycles. The molecular formula is C15H21NO3S. The van der Waals surface area contributed by atoms with Crippen molar-refractivity contribution in [3.8, 4) is 11.5 Å². The Kier molecular flexibility index (Phi) is 4.50. The molecule has 0 fully saturated rings. The third kappa shape index (κ3) is 3.22. The second kappa shape index (κ2) is 5.97. The Balaban J connectivity index is 2.28. The summed E-state index contributed by atoms with van der Waals surface area (Å²) in [4.78, 5) is 0. The van der Waals surface area contributed by atoms with Crippen LogP contribution in [-0.4, -0.2) is 15.7 Å². The van der Waals surface area contributed by atoms with Gasteiger partial charge in [0, 0.05) is 5.56 Å². The highest BCUT2D eigenvalue weighted by atomic mass is 32.2. The maximum absolute atomic E-state index is 12.3.